The van der Waals surface area contributed by atoms with E-state index in [4.69, 9.17) is 0 Å². The van der Waals surface area contributed by atoms with Crippen molar-refractivity contribution in [3.05, 3.63) is 76.1 Å². The fourth-order valence-corrected chi connectivity index (χ4v) is 3.51. The van der Waals surface area contributed by atoms with Crippen molar-refractivity contribution in [1.82, 2.24) is 19.7 Å². The third-order valence-electron chi connectivity index (χ3n) is 3.69. The minimum Gasteiger partial charge on any atom is -0.257 e. The van der Waals surface area contributed by atoms with E-state index >= 15 is 0 Å². The molecule has 0 aliphatic rings. The number of pyridine rings is 1. The summed E-state index contributed by atoms with van der Waals surface area (Å²) in [6.07, 6.45) is 3.47. The van der Waals surface area contributed by atoms with Gasteiger partial charge in [0, 0.05) is 27.8 Å². The van der Waals surface area contributed by atoms with Gasteiger partial charge in [-0.3, -0.25) is 9.67 Å². The van der Waals surface area contributed by atoms with Crippen LogP contribution in [0.5, 0.6) is 0 Å². The van der Waals surface area contributed by atoms with Gasteiger partial charge in [0.25, 0.3) is 0 Å². The van der Waals surface area contributed by atoms with Gasteiger partial charge in [0.15, 0.2) is 0 Å². The SMILES string of the molecule is Fc1ccccc1Cn1nc(-c2cc(Br)ccn2)cc1-c1nccs1. The van der Waals surface area contributed by atoms with Crippen molar-refractivity contribution in [2.45, 2.75) is 6.54 Å². The van der Waals surface area contributed by atoms with Gasteiger partial charge in [-0.05, 0) is 24.3 Å². The second-order valence-corrected chi connectivity index (χ2v) is 7.17. The molecule has 4 aromatic rings. The van der Waals surface area contributed by atoms with Gasteiger partial charge < -0.3 is 0 Å². The third kappa shape index (κ3) is 3.38. The highest BCUT2D eigenvalue weighted by Gasteiger charge is 2.15. The van der Waals surface area contributed by atoms with Crippen LogP contribution in [0.2, 0.25) is 0 Å². The van der Waals surface area contributed by atoms with E-state index in [1.54, 1.807) is 29.2 Å². The minimum absolute atomic E-state index is 0.245. The van der Waals surface area contributed by atoms with Crippen LogP contribution < -0.4 is 0 Å². The van der Waals surface area contributed by atoms with E-state index in [0.29, 0.717) is 12.1 Å². The Kier molecular flexibility index (Phi) is 4.42. The molecule has 0 fully saturated rings. The highest BCUT2D eigenvalue weighted by atomic mass is 79.9. The summed E-state index contributed by atoms with van der Waals surface area (Å²) in [5.41, 5.74) is 2.90. The summed E-state index contributed by atoms with van der Waals surface area (Å²) >= 11 is 4.97. The molecular weight excluding hydrogens is 403 g/mol. The largest absolute Gasteiger partial charge is 0.257 e. The van der Waals surface area contributed by atoms with Crippen LogP contribution in [0.15, 0.2) is 64.7 Å². The molecule has 1 aromatic carbocycles. The first-order chi connectivity index (χ1) is 12.2. The Balaban J connectivity index is 1.80. The number of halogens is 2. The standard InChI is InChI=1S/C18H12BrFN4S/c19-13-5-6-21-15(9-13)16-10-17(18-22-7-8-25-18)24(23-16)11-12-3-1-2-4-14(12)20/h1-10H,11H2. The first kappa shape index (κ1) is 16.1. The summed E-state index contributed by atoms with van der Waals surface area (Å²) in [6.45, 7) is 0.329. The second-order valence-electron chi connectivity index (χ2n) is 5.36. The van der Waals surface area contributed by atoms with Gasteiger partial charge in [0.05, 0.1) is 17.9 Å². The summed E-state index contributed by atoms with van der Waals surface area (Å²) in [6, 6.07) is 12.4. The normalized spacial score (nSPS) is 11.0. The Labute approximate surface area is 156 Å². The highest BCUT2D eigenvalue weighted by Crippen LogP contribution is 2.28. The topological polar surface area (TPSA) is 43.6 Å². The number of hydrogen-bond acceptors (Lipinski definition) is 4. The number of hydrogen-bond donors (Lipinski definition) is 0. The molecule has 4 nitrogen and oxygen atoms in total. The van der Waals surface area contributed by atoms with Crippen molar-refractivity contribution >= 4 is 27.3 Å². The van der Waals surface area contributed by atoms with E-state index in [9.17, 15) is 4.39 Å². The van der Waals surface area contributed by atoms with Crippen LogP contribution in [0.1, 0.15) is 5.56 Å². The molecule has 0 saturated carbocycles. The lowest BCUT2D eigenvalue weighted by molar-refractivity contribution is 0.587. The van der Waals surface area contributed by atoms with Crippen molar-refractivity contribution in [2.75, 3.05) is 0 Å². The summed E-state index contributed by atoms with van der Waals surface area (Å²) in [5, 5.41) is 7.39. The van der Waals surface area contributed by atoms with Crippen molar-refractivity contribution in [1.29, 1.82) is 0 Å². The number of aromatic nitrogens is 4. The van der Waals surface area contributed by atoms with Gasteiger partial charge in [-0.25, -0.2) is 9.37 Å². The third-order valence-corrected chi connectivity index (χ3v) is 4.98. The molecule has 0 saturated heterocycles. The van der Waals surface area contributed by atoms with Crippen molar-refractivity contribution in [2.24, 2.45) is 0 Å². The molecule has 0 aliphatic carbocycles. The maximum absolute atomic E-state index is 14.1. The van der Waals surface area contributed by atoms with Crippen molar-refractivity contribution in [3.8, 4) is 22.1 Å². The molecule has 0 N–H and O–H groups in total. The van der Waals surface area contributed by atoms with Gasteiger partial charge in [-0.15, -0.1) is 11.3 Å². The fraction of sp³-hybridized carbons (Fsp3) is 0.0556. The van der Waals surface area contributed by atoms with Gasteiger partial charge >= 0.3 is 0 Å². The predicted octanol–water partition coefficient (Wildman–Crippen LogP) is 5.02. The average molecular weight is 415 g/mol. The Morgan fingerprint density at radius 3 is 2.68 bits per heavy atom. The first-order valence-electron chi connectivity index (χ1n) is 7.54. The number of rotatable bonds is 4. The Morgan fingerprint density at radius 2 is 1.92 bits per heavy atom. The molecule has 25 heavy (non-hydrogen) atoms. The fourth-order valence-electron chi connectivity index (χ4n) is 2.52. The molecule has 0 aliphatic heterocycles. The summed E-state index contributed by atoms with van der Waals surface area (Å²) in [7, 11) is 0. The summed E-state index contributed by atoms with van der Waals surface area (Å²) < 4.78 is 16.8. The van der Waals surface area contributed by atoms with Crippen molar-refractivity contribution in [3.63, 3.8) is 0 Å². The molecule has 7 heteroatoms. The zero-order valence-electron chi connectivity index (χ0n) is 12.9. The van der Waals surface area contributed by atoms with Crippen LogP contribution in [0.25, 0.3) is 22.1 Å². The van der Waals surface area contributed by atoms with Gasteiger partial charge in [-0.2, -0.15) is 5.10 Å². The van der Waals surface area contributed by atoms with Crippen LogP contribution in [0.3, 0.4) is 0 Å². The molecule has 0 unspecified atom stereocenters. The summed E-state index contributed by atoms with van der Waals surface area (Å²) in [5.74, 6) is -0.245. The van der Waals surface area contributed by atoms with Crippen LogP contribution in [-0.2, 0) is 6.54 Å². The molecule has 0 atom stereocenters. The lowest BCUT2D eigenvalue weighted by atomic mass is 10.2. The Bertz CT molecular complexity index is 1010. The molecule has 0 spiro atoms. The van der Waals surface area contributed by atoms with E-state index in [0.717, 1.165) is 26.6 Å². The number of thiazole rings is 1. The van der Waals surface area contributed by atoms with Crippen LogP contribution in [0.4, 0.5) is 4.39 Å². The molecule has 0 amide bonds. The van der Waals surface area contributed by atoms with Crippen LogP contribution in [-0.4, -0.2) is 19.7 Å². The van der Waals surface area contributed by atoms with E-state index in [2.05, 4.69) is 31.0 Å². The monoisotopic (exact) mass is 414 g/mol. The van der Waals surface area contributed by atoms with Crippen LogP contribution in [0, 0.1) is 5.82 Å². The molecule has 124 valence electrons. The quantitative estimate of drug-likeness (QED) is 0.470. The average Bonchev–Trinajstić information content (AvgIpc) is 3.26. The summed E-state index contributed by atoms with van der Waals surface area (Å²) in [4.78, 5) is 8.74. The second kappa shape index (κ2) is 6.85. The van der Waals surface area contributed by atoms with Gasteiger partial charge in [-0.1, -0.05) is 34.1 Å². The number of benzene rings is 1. The predicted molar refractivity (Wildman–Crippen MR) is 99.8 cm³/mol. The molecular formula is C18H12BrFN4S. The lowest BCUT2D eigenvalue weighted by Gasteiger charge is -2.06. The van der Waals surface area contributed by atoms with E-state index in [1.165, 1.54) is 17.4 Å². The van der Waals surface area contributed by atoms with Crippen molar-refractivity contribution < 1.29 is 4.39 Å². The maximum atomic E-state index is 14.1. The Hall–Kier alpha value is -2.38. The zero-order valence-corrected chi connectivity index (χ0v) is 15.3. The molecule has 3 aromatic heterocycles. The van der Waals surface area contributed by atoms with E-state index < -0.39 is 0 Å². The highest BCUT2D eigenvalue weighted by molar-refractivity contribution is 9.10. The molecule has 0 radical (unpaired) electrons. The number of nitrogens with zero attached hydrogens (tertiary/aromatic N) is 4. The molecule has 0 bridgehead atoms. The zero-order chi connectivity index (χ0) is 17.2. The lowest BCUT2D eigenvalue weighted by Crippen LogP contribution is -2.05. The smallest absolute Gasteiger partial charge is 0.141 e. The molecule has 3 heterocycles. The Morgan fingerprint density at radius 1 is 1.04 bits per heavy atom. The van der Waals surface area contributed by atoms with Gasteiger partial charge in [0.1, 0.15) is 16.5 Å². The van der Waals surface area contributed by atoms with E-state index in [1.807, 2.05) is 29.6 Å². The van der Waals surface area contributed by atoms with Crippen LogP contribution >= 0.6 is 27.3 Å². The minimum atomic E-state index is -0.245. The first-order valence-corrected chi connectivity index (χ1v) is 9.21. The van der Waals surface area contributed by atoms with Gasteiger partial charge in [0.2, 0.25) is 0 Å². The maximum Gasteiger partial charge on any atom is 0.141 e. The molecule has 4 rings (SSSR count). The van der Waals surface area contributed by atoms with E-state index in [-0.39, 0.29) is 5.82 Å².